The lowest BCUT2D eigenvalue weighted by Crippen LogP contribution is -1.86. The molecule has 0 spiro atoms. The van der Waals surface area contributed by atoms with E-state index in [2.05, 4.69) is 48.3 Å². The lowest BCUT2D eigenvalue weighted by atomic mass is 10.0. The van der Waals surface area contributed by atoms with Gasteiger partial charge in [-0.1, -0.05) is 49.7 Å². The van der Waals surface area contributed by atoms with Crippen molar-refractivity contribution in [2.45, 2.75) is 30.4 Å². The molecule has 0 fully saturated rings. The standard InChI is InChI=1S/C18H17ClN2OS/c1-12(2)13-7-9-14(10-8-13)23-11-17-20-21-18(22-17)15-5-3-4-6-16(15)19/h3-10,12H,11H2,1-2H3. The number of rotatable bonds is 5. The van der Waals surface area contributed by atoms with E-state index in [1.807, 2.05) is 24.3 Å². The molecule has 3 nitrogen and oxygen atoms in total. The van der Waals surface area contributed by atoms with Crippen LogP contribution in [0.5, 0.6) is 0 Å². The van der Waals surface area contributed by atoms with E-state index in [0.717, 1.165) is 5.56 Å². The van der Waals surface area contributed by atoms with Crippen LogP contribution in [0.1, 0.15) is 31.2 Å². The molecule has 0 amide bonds. The predicted octanol–water partition coefficient (Wildman–Crippen LogP) is 5.81. The molecule has 3 aromatic rings. The topological polar surface area (TPSA) is 38.9 Å². The molecule has 0 aliphatic rings. The highest BCUT2D eigenvalue weighted by atomic mass is 35.5. The minimum Gasteiger partial charge on any atom is -0.420 e. The molecule has 23 heavy (non-hydrogen) atoms. The Kier molecular flexibility index (Phi) is 5.03. The first kappa shape index (κ1) is 16.1. The summed E-state index contributed by atoms with van der Waals surface area (Å²) >= 11 is 7.83. The summed E-state index contributed by atoms with van der Waals surface area (Å²) < 4.78 is 5.71. The van der Waals surface area contributed by atoms with E-state index in [-0.39, 0.29) is 0 Å². The summed E-state index contributed by atoms with van der Waals surface area (Å²) in [7, 11) is 0. The molecule has 0 saturated carbocycles. The first-order valence-corrected chi connectivity index (χ1v) is 8.80. The van der Waals surface area contributed by atoms with Crippen LogP contribution >= 0.6 is 23.4 Å². The molecule has 2 aromatic carbocycles. The Bertz CT molecular complexity index is 784. The molecule has 0 atom stereocenters. The van der Waals surface area contributed by atoms with Crippen LogP contribution in [0.2, 0.25) is 5.02 Å². The van der Waals surface area contributed by atoms with Crippen molar-refractivity contribution in [3.05, 3.63) is 65.0 Å². The molecule has 0 unspecified atom stereocenters. The largest absolute Gasteiger partial charge is 0.420 e. The maximum atomic E-state index is 6.15. The Balaban J connectivity index is 1.67. The van der Waals surface area contributed by atoms with Crippen molar-refractivity contribution >= 4 is 23.4 Å². The molecule has 0 saturated heterocycles. The van der Waals surface area contributed by atoms with Gasteiger partial charge >= 0.3 is 0 Å². The van der Waals surface area contributed by atoms with E-state index in [0.29, 0.717) is 28.5 Å². The normalized spacial score (nSPS) is 11.1. The lowest BCUT2D eigenvalue weighted by molar-refractivity contribution is 0.528. The molecule has 3 rings (SSSR count). The van der Waals surface area contributed by atoms with Crippen LogP contribution in [0.3, 0.4) is 0 Å². The summed E-state index contributed by atoms with van der Waals surface area (Å²) in [5, 5.41) is 8.79. The Morgan fingerprint density at radius 1 is 1.04 bits per heavy atom. The maximum absolute atomic E-state index is 6.15. The van der Waals surface area contributed by atoms with Gasteiger partial charge in [-0.2, -0.15) is 0 Å². The van der Waals surface area contributed by atoms with Crippen LogP contribution in [0.25, 0.3) is 11.5 Å². The highest BCUT2D eigenvalue weighted by Gasteiger charge is 2.11. The fourth-order valence-electron chi connectivity index (χ4n) is 2.15. The van der Waals surface area contributed by atoms with Gasteiger partial charge in [-0.25, -0.2) is 0 Å². The zero-order valence-electron chi connectivity index (χ0n) is 13.0. The molecule has 0 aliphatic carbocycles. The van der Waals surface area contributed by atoms with Crippen molar-refractivity contribution in [3.8, 4) is 11.5 Å². The second-order valence-electron chi connectivity index (χ2n) is 5.49. The first-order chi connectivity index (χ1) is 11.1. The highest BCUT2D eigenvalue weighted by molar-refractivity contribution is 7.98. The molecule has 0 aliphatic heterocycles. The number of benzene rings is 2. The first-order valence-electron chi connectivity index (χ1n) is 7.43. The van der Waals surface area contributed by atoms with Gasteiger partial charge in [-0.05, 0) is 35.7 Å². The second kappa shape index (κ2) is 7.20. The number of hydrogen-bond donors (Lipinski definition) is 0. The maximum Gasteiger partial charge on any atom is 0.249 e. The molecule has 0 radical (unpaired) electrons. The Morgan fingerprint density at radius 2 is 1.78 bits per heavy atom. The molecular weight excluding hydrogens is 328 g/mol. The van der Waals surface area contributed by atoms with Crippen molar-refractivity contribution < 1.29 is 4.42 Å². The third-order valence-electron chi connectivity index (χ3n) is 3.48. The van der Waals surface area contributed by atoms with Gasteiger partial charge in [-0.3, -0.25) is 0 Å². The summed E-state index contributed by atoms with van der Waals surface area (Å²) in [6.07, 6.45) is 0. The lowest BCUT2D eigenvalue weighted by Gasteiger charge is -2.05. The van der Waals surface area contributed by atoms with Gasteiger partial charge < -0.3 is 4.42 Å². The Labute approximate surface area is 145 Å². The van der Waals surface area contributed by atoms with Crippen molar-refractivity contribution in [2.24, 2.45) is 0 Å². The molecule has 1 aromatic heterocycles. The molecule has 0 bridgehead atoms. The summed E-state index contributed by atoms with van der Waals surface area (Å²) in [5.74, 6) is 2.24. The van der Waals surface area contributed by atoms with Crippen molar-refractivity contribution in [1.29, 1.82) is 0 Å². The fraction of sp³-hybridized carbons (Fsp3) is 0.222. The van der Waals surface area contributed by atoms with Crippen molar-refractivity contribution in [1.82, 2.24) is 10.2 Å². The van der Waals surface area contributed by atoms with E-state index in [1.54, 1.807) is 11.8 Å². The molecule has 5 heteroatoms. The smallest absolute Gasteiger partial charge is 0.249 e. The average molecular weight is 345 g/mol. The summed E-state index contributed by atoms with van der Waals surface area (Å²) in [5.41, 5.74) is 2.10. The van der Waals surface area contributed by atoms with Gasteiger partial charge in [0.15, 0.2) is 0 Å². The third kappa shape index (κ3) is 3.95. The van der Waals surface area contributed by atoms with E-state index < -0.39 is 0 Å². The second-order valence-corrected chi connectivity index (χ2v) is 6.95. The van der Waals surface area contributed by atoms with Gasteiger partial charge in [0.1, 0.15) is 0 Å². The predicted molar refractivity (Wildman–Crippen MR) is 94.8 cm³/mol. The number of aromatic nitrogens is 2. The van der Waals surface area contributed by atoms with Gasteiger partial charge in [0.2, 0.25) is 11.8 Å². The van der Waals surface area contributed by atoms with Gasteiger partial charge in [0.05, 0.1) is 16.3 Å². The number of thioether (sulfide) groups is 1. The average Bonchev–Trinajstić information content (AvgIpc) is 3.02. The minimum atomic E-state index is 0.460. The van der Waals surface area contributed by atoms with E-state index in [4.69, 9.17) is 16.0 Å². The van der Waals surface area contributed by atoms with E-state index in [9.17, 15) is 0 Å². The monoisotopic (exact) mass is 344 g/mol. The van der Waals surface area contributed by atoms with Gasteiger partial charge in [-0.15, -0.1) is 22.0 Å². The van der Waals surface area contributed by atoms with Crippen LogP contribution in [0.4, 0.5) is 0 Å². The minimum absolute atomic E-state index is 0.460. The molecular formula is C18H17ClN2OS. The van der Waals surface area contributed by atoms with Gasteiger partial charge in [0.25, 0.3) is 0 Å². The molecule has 0 N–H and O–H groups in total. The van der Waals surface area contributed by atoms with Crippen molar-refractivity contribution in [2.75, 3.05) is 0 Å². The highest BCUT2D eigenvalue weighted by Crippen LogP contribution is 2.29. The van der Waals surface area contributed by atoms with Crippen LogP contribution in [-0.4, -0.2) is 10.2 Å². The quantitative estimate of drug-likeness (QED) is 0.548. The summed E-state index contributed by atoms with van der Waals surface area (Å²) in [6.45, 7) is 4.38. The summed E-state index contributed by atoms with van der Waals surface area (Å²) in [4.78, 5) is 1.19. The fourth-order valence-corrected chi connectivity index (χ4v) is 3.10. The third-order valence-corrected chi connectivity index (χ3v) is 4.81. The van der Waals surface area contributed by atoms with Gasteiger partial charge in [0, 0.05) is 4.90 Å². The van der Waals surface area contributed by atoms with E-state index in [1.165, 1.54) is 10.5 Å². The Hall–Kier alpha value is -1.78. The van der Waals surface area contributed by atoms with Crippen LogP contribution < -0.4 is 0 Å². The summed E-state index contributed by atoms with van der Waals surface area (Å²) in [6, 6.07) is 16.0. The number of halogens is 1. The Morgan fingerprint density at radius 3 is 2.48 bits per heavy atom. The zero-order valence-corrected chi connectivity index (χ0v) is 14.6. The zero-order chi connectivity index (χ0) is 16.2. The molecule has 1 heterocycles. The SMILES string of the molecule is CC(C)c1ccc(SCc2nnc(-c3ccccc3Cl)o2)cc1. The number of hydrogen-bond acceptors (Lipinski definition) is 4. The van der Waals surface area contributed by atoms with Crippen LogP contribution in [-0.2, 0) is 5.75 Å². The van der Waals surface area contributed by atoms with Crippen LogP contribution in [0.15, 0.2) is 57.8 Å². The van der Waals surface area contributed by atoms with E-state index >= 15 is 0 Å². The molecule has 118 valence electrons. The van der Waals surface area contributed by atoms with Crippen molar-refractivity contribution in [3.63, 3.8) is 0 Å². The number of nitrogens with zero attached hydrogens (tertiary/aromatic N) is 2. The van der Waals surface area contributed by atoms with Crippen LogP contribution in [0, 0.1) is 0 Å².